The van der Waals surface area contributed by atoms with Gasteiger partial charge in [0.25, 0.3) is 0 Å². The molecule has 1 saturated carbocycles. The summed E-state index contributed by atoms with van der Waals surface area (Å²) in [6, 6.07) is 9.94. The van der Waals surface area contributed by atoms with Gasteiger partial charge in [0, 0.05) is 17.9 Å². The Balaban J connectivity index is 1.49. The van der Waals surface area contributed by atoms with Crippen molar-refractivity contribution in [3.63, 3.8) is 0 Å². The van der Waals surface area contributed by atoms with Crippen LogP contribution in [-0.2, 0) is 4.79 Å². The standard InChI is InChI=1S/C21H22N6O/c1-11-3-2-4-14(9-11)24-21-26-19-15(7-8-23-19)20(27-21)25-17-13-6-5-12(10-13)16(17)18(22)28/h2-9,12-13,16-17H,10H2,1H3,(H2,22,28)(H3,23,24,25,26,27). The van der Waals surface area contributed by atoms with Gasteiger partial charge in [0.1, 0.15) is 11.5 Å². The topological polar surface area (TPSA) is 109 Å². The molecule has 5 rings (SSSR count). The fraction of sp³-hybridized carbons (Fsp3) is 0.286. The van der Waals surface area contributed by atoms with E-state index in [1.54, 1.807) is 0 Å². The minimum absolute atomic E-state index is 0.0488. The Bertz CT molecular complexity index is 1090. The van der Waals surface area contributed by atoms with Crippen LogP contribution < -0.4 is 16.4 Å². The van der Waals surface area contributed by atoms with Crippen LogP contribution in [0.3, 0.4) is 0 Å². The minimum Gasteiger partial charge on any atom is -0.369 e. The number of amides is 1. The first-order valence-electron chi connectivity index (χ1n) is 9.51. The summed E-state index contributed by atoms with van der Waals surface area (Å²) >= 11 is 0. The van der Waals surface area contributed by atoms with E-state index in [1.165, 1.54) is 0 Å². The van der Waals surface area contributed by atoms with Crippen molar-refractivity contribution < 1.29 is 4.79 Å². The zero-order valence-corrected chi connectivity index (χ0v) is 15.5. The van der Waals surface area contributed by atoms with Crippen LogP contribution in [0.25, 0.3) is 11.0 Å². The van der Waals surface area contributed by atoms with Crippen LogP contribution in [0.2, 0.25) is 0 Å². The van der Waals surface area contributed by atoms with Crippen molar-refractivity contribution >= 4 is 34.4 Å². The molecule has 0 saturated heterocycles. The van der Waals surface area contributed by atoms with Gasteiger partial charge in [-0.2, -0.15) is 9.97 Å². The summed E-state index contributed by atoms with van der Waals surface area (Å²) in [6.07, 6.45) is 7.10. The van der Waals surface area contributed by atoms with Crippen molar-refractivity contribution in [3.8, 4) is 0 Å². The predicted octanol–water partition coefficient (Wildman–Crippen LogP) is 3.10. The fourth-order valence-corrected chi connectivity index (χ4v) is 4.52. The Morgan fingerprint density at radius 3 is 2.89 bits per heavy atom. The molecular weight excluding hydrogens is 352 g/mol. The second-order valence-electron chi connectivity index (χ2n) is 7.68. The van der Waals surface area contributed by atoms with Gasteiger partial charge in [0.05, 0.1) is 11.3 Å². The molecule has 3 aromatic rings. The maximum atomic E-state index is 12.0. The lowest BCUT2D eigenvalue weighted by molar-refractivity contribution is -0.122. The number of carbonyl (C=O) groups is 1. The maximum Gasteiger partial charge on any atom is 0.231 e. The van der Waals surface area contributed by atoms with Crippen LogP contribution >= 0.6 is 0 Å². The normalized spacial score (nSPS) is 25.3. The number of rotatable bonds is 5. The first-order valence-corrected chi connectivity index (χ1v) is 9.51. The highest BCUT2D eigenvalue weighted by atomic mass is 16.1. The van der Waals surface area contributed by atoms with Crippen LogP contribution in [0.4, 0.5) is 17.5 Å². The molecule has 2 aromatic heterocycles. The molecule has 7 nitrogen and oxygen atoms in total. The summed E-state index contributed by atoms with van der Waals surface area (Å²) in [4.78, 5) is 24.5. The summed E-state index contributed by atoms with van der Waals surface area (Å²) < 4.78 is 0. The number of nitrogens with two attached hydrogens (primary N) is 1. The number of benzene rings is 1. The lowest BCUT2D eigenvalue weighted by Gasteiger charge is -2.27. The first-order chi connectivity index (χ1) is 13.6. The molecule has 2 bridgehead atoms. The van der Waals surface area contributed by atoms with Crippen molar-refractivity contribution in [1.29, 1.82) is 0 Å². The van der Waals surface area contributed by atoms with E-state index in [0.717, 1.165) is 28.7 Å². The molecule has 0 aliphatic heterocycles. The SMILES string of the molecule is Cc1cccc(Nc2nc(NC3C4C=CC(C4)C3C(N)=O)c3cc[nH]c3n2)c1. The molecule has 4 unspecified atom stereocenters. The average Bonchev–Trinajstić information content (AvgIpc) is 3.37. The number of allylic oxidation sites excluding steroid dienone is 1. The molecule has 4 atom stereocenters. The van der Waals surface area contributed by atoms with Crippen LogP contribution in [-0.4, -0.2) is 26.9 Å². The number of fused-ring (bicyclic) bond motifs is 3. The van der Waals surface area contributed by atoms with Gasteiger partial charge in [-0.3, -0.25) is 4.79 Å². The molecule has 5 N–H and O–H groups in total. The molecule has 1 amide bonds. The van der Waals surface area contributed by atoms with Gasteiger partial charge in [0.15, 0.2) is 0 Å². The molecule has 28 heavy (non-hydrogen) atoms. The van der Waals surface area contributed by atoms with Crippen LogP contribution in [0.15, 0.2) is 48.7 Å². The molecule has 0 radical (unpaired) electrons. The van der Waals surface area contributed by atoms with E-state index in [9.17, 15) is 4.79 Å². The number of hydrogen-bond acceptors (Lipinski definition) is 5. The van der Waals surface area contributed by atoms with Gasteiger partial charge in [-0.05, 0) is 48.9 Å². The van der Waals surface area contributed by atoms with Gasteiger partial charge in [-0.1, -0.05) is 24.3 Å². The Labute approximate surface area is 162 Å². The number of aromatic amines is 1. The Morgan fingerprint density at radius 1 is 1.21 bits per heavy atom. The lowest BCUT2D eigenvalue weighted by atomic mass is 9.88. The predicted molar refractivity (Wildman–Crippen MR) is 109 cm³/mol. The number of H-pyrrole nitrogens is 1. The smallest absolute Gasteiger partial charge is 0.231 e. The first kappa shape index (κ1) is 16.8. The third kappa shape index (κ3) is 2.79. The summed E-state index contributed by atoms with van der Waals surface area (Å²) in [7, 11) is 0. The second kappa shape index (κ2) is 6.37. The van der Waals surface area contributed by atoms with E-state index in [1.807, 2.05) is 43.5 Å². The summed E-state index contributed by atoms with van der Waals surface area (Å²) in [5.74, 6) is 1.24. The third-order valence-electron chi connectivity index (χ3n) is 5.78. The molecular formula is C21H22N6O. The maximum absolute atomic E-state index is 12.0. The highest BCUT2D eigenvalue weighted by Gasteiger charge is 2.47. The van der Waals surface area contributed by atoms with Crippen LogP contribution in [0, 0.1) is 24.7 Å². The number of nitrogens with one attached hydrogen (secondary N) is 3. The average molecular weight is 374 g/mol. The van der Waals surface area contributed by atoms with E-state index < -0.39 is 0 Å². The van der Waals surface area contributed by atoms with Gasteiger partial charge in [-0.15, -0.1) is 0 Å². The molecule has 2 aliphatic carbocycles. The van der Waals surface area contributed by atoms with E-state index in [-0.39, 0.29) is 23.8 Å². The lowest BCUT2D eigenvalue weighted by Crippen LogP contribution is -2.41. The molecule has 0 spiro atoms. The second-order valence-corrected chi connectivity index (χ2v) is 7.68. The Morgan fingerprint density at radius 2 is 2.07 bits per heavy atom. The van der Waals surface area contributed by atoms with Crippen LogP contribution in [0.1, 0.15) is 12.0 Å². The van der Waals surface area contributed by atoms with Gasteiger partial charge in [0.2, 0.25) is 11.9 Å². The van der Waals surface area contributed by atoms with Crippen LogP contribution in [0.5, 0.6) is 0 Å². The van der Waals surface area contributed by atoms with Crippen molar-refractivity contribution in [3.05, 3.63) is 54.2 Å². The zero-order chi connectivity index (χ0) is 19.3. The molecule has 142 valence electrons. The number of nitrogens with zero attached hydrogens (tertiary/aromatic N) is 2. The van der Waals surface area contributed by atoms with Crippen molar-refractivity contribution in [2.45, 2.75) is 19.4 Å². The quantitative estimate of drug-likeness (QED) is 0.513. The minimum atomic E-state index is -0.258. The molecule has 1 fully saturated rings. The largest absolute Gasteiger partial charge is 0.369 e. The van der Waals surface area contributed by atoms with E-state index in [4.69, 9.17) is 10.7 Å². The Kier molecular flexibility index (Phi) is 3.82. The van der Waals surface area contributed by atoms with E-state index in [2.05, 4.69) is 32.8 Å². The highest BCUT2D eigenvalue weighted by molar-refractivity contribution is 5.89. The molecule has 1 aromatic carbocycles. The number of aryl methyl sites for hydroxylation is 1. The Hall–Kier alpha value is -3.35. The van der Waals surface area contributed by atoms with Gasteiger partial charge < -0.3 is 21.4 Å². The fourth-order valence-electron chi connectivity index (χ4n) is 4.52. The summed E-state index contributed by atoms with van der Waals surface area (Å²) in [6.45, 7) is 2.04. The van der Waals surface area contributed by atoms with Crippen molar-refractivity contribution in [2.24, 2.45) is 23.5 Å². The third-order valence-corrected chi connectivity index (χ3v) is 5.78. The van der Waals surface area contributed by atoms with E-state index in [0.29, 0.717) is 17.7 Å². The van der Waals surface area contributed by atoms with Crippen molar-refractivity contribution in [2.75, 3.05) is 10.6 Å². The van der Waals surface area contributed by atoms with Gasteiger partial charge >= 0.3 is 0 Å². The van der Waals surface area contributed by atoms with Gasteiger partial charge in [-0.25, -0.2) is 0 Å². The van der Waals surface area contributed by atoms with Crippen molar-refractivity contribution in [1.82, 2.24) is 15.0 Å². The molecule has 2 aliphatic rings. The number of carbonyl (C=O) groups excluding carboxylic acids is 1. The summed E-state index contributed by atoms with van der Waals surface area (Å²) in [5, 5.41) is 7.67. The number of hydrogen-bond donors (Lipinski definition) is 4. The number of anilines is 3. The molecule has 7 heteroatoms. The summed E-state index contributed by atoms with van der Waals surface area (Å²) in [5.41, 5.74) is 8.52. The monoisotopic (exact) mass is 374 g/mol. The molecule has 2 heterocycles. The van der Waals surface area contributed by atoms with E-state index >= 15 is 0 Å². The zero-order valence-electron chi connectivity index (χ0n) is 15.5. The highest BCUT2D eigenvalue weighted by Crippen LogP contribution is 2.45. The number of aromatic nitrogens is 3. The number of primary amides is 1.